The molecule has 1 aromatic carbocycles. The zero-order valence-corrected chi connectivity index (χ0v) is 13.2. The van der Waals surface area contributed by atoms with Crippen LogP contribution < -0.4 is 4.74 Å². The number of ether oxygens (including phenoxy) is 1. The molecule has 0 bridgehead atoms. The molecule has 7 heteroatoms. The van der Waals surface area contributed by atoms with Crippen LogP contribution in [-0.2, 0) is 16.6 Å². The first-order chi connectivity index (χ1) is 9.95. The fourth-order valence-electron chi connectivity index (χ4n) is 1.84. The Labute approximate surface area is 129 Å². The highest BCUT2D eigenvalue weighted by Gasteiger charge is 2.24. The van der Waals surface area contributed by atoms with Crippen molar-refractivity contribution in [2.24, 2.45) is 0 Å². The van der Waals surface area contributed by atoms with E-state index in [1.807, 2.05) is 12.1 Å². The summed E-state index contributed by atoms with van der Waals surface area (Å²) in [4.78, 5) is 3.80. The predicted molar refractivity (Wildman–Crippen MR) is 80.9 cm³/mol. The smallest absolute Gasteiger partial charge is 0.246 e. The van der Waals surface area contributed by atoms with Crippen LogP contribution in [0.25, 0.3) is 0 Å². The van der Waals surface area contributed by atoms with Crippen LogP contribution in [-0.4, -0.2) is 31.9 Å². The molecule has 0 aliphatic rings. The standard InChI is InChI=1S/C14H15ClN2O3S/c1-17(10-11-5-3-6-12(9-11)20-2)21(18,19)13-7-4-8-16-14(13)15/h3-9H,10H2,1-2H3. The van der Waals surface area contributed by atoms with Gasteiger partial charge in [0.2, 0.25) is 10.0 Å². The summed E-state index contributed by atoms with van der Waals surface area (Å²) in [6.45, 7) is 0.213. The lowest BCUT2D eigenvalue weighted by atomic mass is 10.2. The second-order valence-electron chi connectivity index (χ2n) is 4.40. The monoisotopic (exact) mass is 326 g/mol. The van der Waals surface area contributed by atoms with Crippen LogP contribution in [0.4, 0.5) is 0 Å². The molecule has 112 valence electrons. The number of rotatable bonds is 5. The Bertz CT molecular complexity index is 735. The Kier molecular flexibility index (Phi) is 4.82. The summed E-state index contributed by atoms with van der Waals surface area (Å²) in [7, 11) is -0.627. The van der Waals surface area contributed by atoms with Crippen LogP contribution in [0.15, 0.2) is 47.5 Å². The molecule has 0 spiro atoms. The second-order valence-corrected chi connectivity index (χ2v) is 6.78. The predicted octanol–water partition coefficient (Wildman–Crippen LogP) is 2.56. The minimum atomic E-state index is -3.69. The maximum atomic E-state index is 12.5. The van der Waals surface area contributed by atoms with Crippen LogP contribution in [0.1, 0.15) is 5.56 Å². The van der Waals surface area contributed by atoms with Gasteiger partial charge in [0.1, 0.15) is 15.8 Å². The first kappa shape index (κ1) is 15.8. The van der Waals surface area contributed by atoms with Crippen molar-refractivity contribution in [1.29, 1.82) is 0 Å². The summed E-state index contributed by atoms with van der Waals surface area (Å²) in [5.74, 6) is 0.678. The molecule has 0 saturated carbocycles. The molecule has 0 N–H and O–H groups in total. The Morgan fingerprint density at radius 2 is 2.05 bits per heavy atom. The number of halogens is 1. The topological polar surface area (TPSA) is 59.5 Å². The highest BCUT2D eigenvalue weighted by Crippen LogP contribution is 2.23. The third-order valence-electron chi connectivity index (χ3n) is 2.95. The maximum Gasteiger partial charge on any atom is 0.246 e. The molecule has 0 aliphatic heterocycles. The molecule has 0 radical (unpaired) electrons. The average molecular weight is 327 g/mol. The van der Waals surface area contributed by atoms with E-state index in [-0.39, 0.29) is 16.6 Å². The Hall–Kier alpha value is -1.63. The summed E-state index contributed by atoms with van der Waals surface area (Å²) in [6, 6.07) is 10.2. The van der Waals surface area contributed by atoms with Gasteiger partial charge in [-0.2, -0.15) is 4.31 Å². The molecular formula is C14H15ClN2O3S. The second kappa shape index (κ2) is 6.43. The average Bonchev–Trinajstić information content (AvgIpc) is 2.47. The molecule has 0 amide bonds. The van der Waals surface area contributed by atoms with Gasteiger partial charge in [-0.1, -0.05) is 23.7 Å². The van der Waals surface area contributed by atoms with Gasteiger partial charge >= 0.3 is 0 Å². The molecule has 0 unspecified atom stereocenters. The van der Waals surface area contributed by atoms with Crippen molar-refractivity contribution in [3.63, 3.8) is 0 Å². The molecular weight excluding hydrogens is 312 g/mol. The third kappa shape index (κ3) is 3.53. The summed E-state index contributed by atoms with van der Waals surface area (Å²) in [6.07, 6.45) is 1.45. The van der Waals surface area contributed by atoms with Crippen LogP contribution >= 0.6 is 11.6 Å². The lowest BCUT2D eigenvalue weighted by Gasteiger charge is -2.18. The van der Waals surface area contributed by atoms with E-state index in [4.69, 9.17) is 16.3 Å². The van der Waals surface area contributed by atoms with Crippen molar-refractivity contribution in [3.05, 3.63) is 53.3 Å². The van der Waals surface area contributed by atoms with Crippen LogP contribution in [0, 0.1) is 0 Å². The van der Waals surface area contributed by atoms with Crippen molar-refractivity contribution >= 4 is 21.6 Å². The third-order valence-corrected chi connectivity index (χ3v) is 5.20. The zero-order chi connectivity index (χ0) is 15.5. The Morgan fingerprint density at radius 1 is 1.29 bits per heavy atom. The zero-order valence-electron chi connectivity index (χ0n) is 11.7. The van der Waals surface area contributed by atoms with Crippen molar-refractivity contribution < 1.29 is 13.2 Å². The van der Waals surface area contributed by atoms with E-state index in [9.17, 15) is 8.42 Å². The first-order valence-electron chi connectivity index (χ1n) is 6.15. The molecule has 0 fully saturated rings. The Morgan fingerprint density at radius 3 is 2.71 bits per heavy atom. The molecule has 0 saturated heterocycles. The fraction of sp³-hybridized carbons (Fsp3) is 0.214. The molecule has 5 nitrogen and oxygen atoms in total. The van der Waals surface area contributed by atoms with E-state index in [2.05, 4.69) is 4.98 Å². The SMILES string of the molecule is COc1cccc(CN(C)S(=O)(=O)c2cccnc2Cl)c1. The van der Waals surface area contributed by atoms with Gasteiger partial charge in [-0.25, -0.2) is 13.4 Å². The molecule has 0 atom stereocenters. The van der Waals surface area contributed by atoms with E-state index in [0.717, 1.165) is 5.56 Å². The number of hydrogen-bond acceptors (Lipinski definition) is 4. The van der Waals surface area contributed by atoms with Gasteiger partial charge in [0, 0.05) is 19.8 Å². The lowest BCUT2D eigenvalue weighted by Crippen LogP contribution is -2.26. The van der Waals surface area contributed by atoms with E-state index in [1.54, 1.807) is 19.2 Å². The van der Waals surface area contributed by atoms with Gasteiger partial charge in [-0.3, -0.25) is 0 Å². The van der Waals surface area contributed by atoms with E-state index in [1.165, 1.54) is 29.7 Å². The Balaban J connectivity index is 2.27. The molecule has 1 aromatic heterocycles. The van der Waals surface area contributed by atoms with E-state index < -0.39 is 10.0 Å². The minimum absolute atomic E-state index is 0.00272. The molecule has 21 heavy (non-hydrogen) atoms. The molecule has 2 rings (SSSR count). The largest absolute Gasteiger partial charge is 0.497 e. The number of sulfonamides is 1. The van der Waals surface area contributed by atoms with Gasteiger partial charge in [0.15, 0.2) is 0 Å². The molecule has 1 heterocycles. The van der Waals surface area contributed by atoms with Crippen molar-refractivity contribution in [2.45, 2.75) is 11.4 Å². The first-order valence-corrected chi connectivity index (χ1v) is 7.96. The summed E-state index contributed by atoms with van der Waals surface area (Å²) >= 11 is 5.87. The normalized spacial score (nSPS) is 11.6. The number of aromatic nitrogens is 1. The minimum Gasteiger partial charge on any atom is -0.497 e. The van der Waals surface area contributed by atoms with Crippen molar-refractivity contribution in [2.75, 3.05) is 14.2 Å². The van der Waals surface area contributed by atoms with Gasteiger partial charge in [0.05, 0.1) is 7.11 Å². The quantitative estimate of drug-likeness (QED) is 0.792. The fourth-order valence-corrected chi connectivity index (χ4v) is 3.43. The lowest BCUT2D eigenvalue weighted by molar-refractivity contribution is 0.412. The van der Waals surface area contributed by atoms with Crippen molar-refractivity contribution in [1.82, 2.24) is 9.29 Å². The van der Waals surface area contributed by atoms with Gasteiger partial charge in [-0.15, -0.1) is 0 Å². The maximum absolute atomic E-state index is 12.5. The highest BCUT2D eigenvalue weighted by molar-refractivity contribution is 7.89. The van der Waals surface area contributed by atoms with Crippen LogP contribution in [0.5, 0.6) is 5.75 Å². The molecule has 0 aliphatic carbocycles. The van der Waals surface area contributed by atoms with Gasteiger partial charge < -0.3 is 4.74 Å². The van der Waals surface area contributed by atoms with E-state index >= 15 is 0 Å². The number of pyridine rings is 1. The van der Waals surface area contributed by atoms with E-state index in [0.29, 0.717) is 5.75 Å². The summed E-state index contributed by atoms with van der Waals surface area (Å²) < 4.78 is 31.3. The van der Waals surface area contributed by atoms with Gasteiger partial charge in [0.25, 0.3) is 0 Å². The molecule has 2 aromatic rings. The number of hydrogen-bond donors (Lipinski definition) is 0. The highest BCUT2D eigenvalue weighted by atomic mass is 35.5. The number of nitrogens with zero attached hydrogens (tertiary/aromatic N) is 2. The number of benzene rings is 1. The van der Waals surface area contributed by atoms with Crippen LogP contribution in [0.2, 0.25) is 5.15 Å². The van der Waals surface area contributed by atoms with Crippen molar-refractivity contribution in [3.8, 4) is 5.75 Å². The summed E-state index contributed by atoms with van der Waals surface area (Å²) in [5.41, 5.74) is 0.820. The number of methoxy groups -OCH3 is 1. The van der Waals surface area contributed by atoms with Crippen LogP contribution in [0.3, 0.4) is 0 Å². The summed E-state index contributed by atoms with van der Waals surface area (Å²) in [5, 5.41) is -0.0324. The van der Waals surface area contributed by atoms with Gasteiger partial charge in [-0.05, 0) is 29.8 Å².